The van der Waals surface area contributed by atoms with E-state index < -0.39 is 6.10 Å². The summed E-state index contributed by atoms with van der Waals surface area (Å²) in [5.41, 5.74) is 2.69. The zero-order chi connectivity index (χ0) is 17.3. The number of benzene rings is 1. The number of fused-ring (bicyclic) bond motifs is 1. The van der Waals surface area contributed by atoms with Gasteiger partial charge in [-0.05, 0) is 37.6 Å². The third kappa shape index (κ3) is 3.25. The molecule has 24 heavy (non-hydrogen) atoms. The Hall–Kier alpha value is -2.44. The molecule has 0 aliphatic heterocycles. The average molecular weight is 346 g/mol. The minimum absolute atomic E-state index is 0.0770. The first-order valence-corrected chi connectivity index (χ1v) is 7.79. The maximum absolute atomic E-state index is 12.5. The van der Waals surface area contributed by atoms with Crippen LogP contribution in [0.2, 0.25) is 5.02 Å². The molecule has 0 saturated heterocycles. The summed E-state index contributed by atoms with van der Waals surface area (Å²) in [4.78, 5) is 16.7. The largest absolute Gasteiger partial charge is 0.387 e. The van der Waals surface area contributed by atoms with Gasteiger partial charge in [0.15, 0.2) is 0 Å². The molecule has 2 heterocycles. The van der Waals surface area contributed by atoms with Crippen molar-refractivity contribution < 1.29 is 14.4 Å². The second-order valence-electron chi connectivity index (χ2n) is 5.54. The van der Waals surface area contributed by atoms with Gasteiger partial charge in [-0.2, -0.15) is 0 Å². The number of nitrogens with one attached hydrogen (secondary N) is 1. The molecule has 1 aromatic carbocycles. The summed E-state index contributed by atoms with van der Waals surface area (Å²) in [5.74, 6) is -0.315. The molecule has 3 aromatic rings. The molecule has 1 atom stereocenters. The van der Waals surface area contributed by atoms with E-state index in [2.05, 4.69) is 15.5 Å². The first kappa shape index (κ1) is 16.4. The van der Waals surface area contributed by atoms with Gasteiger partial charge < -0.3 is 14.9 Å². The summed E-state index contributed by atoms with van der Waals surface area (Å²) >= 11 is 5.83. The van der Waals surface area contributed by atoms with Gasteiger partial charge in [-0.3, -0.25) is 4.79 Å². The molecule has 0 radical (unpaired) electrons. The standard InChI is InChI=1S/C17H16ClN3O3/c1-9-7-13(15-10(2)21-24-17(15)20-9)16(23)19-8-14(22)11-3-5-12(18)6-4-11/h3-7,14,22H,8H2,1-2H3,(H,19,23)/t14-/m1/s1. The Morgan fingerprint density at radius 1 is 1.33 bits per heavy atom. The number of amides is 1. The molecular weight excluding hydrogens is 330 g/mol. The topological polar surface area (TPSA) is 88.2 Å². The molecule has 0 saturated carbocycles. The molecule has 2 N–H and O–H groups in total. The van der Waals surface area contributed by atoms with Crippen molar-refractivity contribution in [1.82, 2.24) is 15.5 Å². The van der Waals surface area contributed by atoms with Crippen LogP contribution in [0.4, 0.5) is 0 Å². The lowest BCUT2D eigenvalue weighted by Crippen LogP contribution is -2.28. The van der Waals surface area contributed by atoms with Crippen molar-refractivity contribution in [2.45, 2.75) is 20.0 Å². The highest BCUT2D eigenvalue weighted by molar-refractivity contribution is 6.30. The highest BCUT2D eigenvalue weighted by Crippen LogP contribution is 2.22. The predicted molar refractivity (Wildman–Crippen MR) is 90.0 cm³/mol. The Kier molecular flexibility index (Phi) is 4.51. The number of hydrogen-bond donors (Lipinski definition) is 2. The van der Waals surface area contributed by atoms with Crippen molar-refractivity contribution in [2.75, 3.05) is 6.54 Å². The zero-order valence-corrected chi connectivity index (χ0v) is 14.0. The number of pyridine rings is 1. The lowest BCUT2D eigenvalue weighted by atomic mass is 10.1. The van der Waals surface area contributed by atoms with Crippen LogP contribution in [0, 0.1) is 13.8 Å². The Morgan fingerprint density at radius 2 is 2.04 bits per heavy atom. The number of aryl methyl sites for hydroxylation is 2. The van der Waals surface area contributed by atoms with Crippen LogP contribution < -0.4 is 5.32 Å². The minimum Gasteiger partial charge on any atom is -0.387 e. The predicted octanol–water partition coefficient (Wildman–Crippen LogP) is 2.96. The van der Waals surface area contributed by atoms with E-state index in [1.807, 2.05) is 0 Å². The Bertz CT molecular complexity index is 890. The van der Waals surface area contributed by atoms with E-state index in [4.69, 9.17) is 16.1 Å². The van der Waals surface area contributed by atoms with Crippen molar-refractivity contribution in [3.05, 3.63) is 57.9 Å². The van der Waals surface area contributed by atoms with E-state index in [0.717, 1.165) is 0 Å². The average Bonchev–Trinajstić information content (AvgIpc) is 2.93. The lowest BCUT2D eigenvalue weighted by molar-refractivity contribution is 0.0917. The number of halogens is 1. The van der Waals surface area contributed by atoms with Gasteiger partial charge >= 0.3 is 0 Å². The third-order valence-electron chi connectivity index (χ3n) is 3.70. The number of aliphatic hydroxyl groups is 1. The van der Waals surface area contributed by atoms with Crippen molar-refractivity contribution in [1.29, 1.82) is 0 Å². The van der Waals surface area contributed by atoms with Crippen molar-refractivity contribution in [3.8, 4) is 0 Å². The molecule has 0 aliphatic carbocycles. The number of aromatic nitrogens is 2. The summed E-state index contributed by atoms with van der Waals surface area (Å²) in [6, 6.07) is 8.50. The molecule has 1 amide bonds. The van der Waals surface area contributed by atoms with E-state index in [-0.39, 0.29) is 12.5 Å². The van der Waals surface area contributed by atoms with E-state index >= 15 is 0 Å². The molecule has 0 spiro atoms. The molecule has 0 unspecified atom stereocenters. The second kappa shape index (κ2) is 6.59. The van der Waals surface area contributed by atoms with E-state index in [1.165, 1.54) is 0 Å². The fourth-order valence-corrected chi connectivity index (χ4v) is 2.61. The van der Waals surface area contributed by atoms with Crippen LogP contribution >= 0.6 is 11.6 Å². The van der Waals surface area contributed by atoms with Gasteiger partial charge in [-0.25, -0.2) is 4.98 Å². The quantitative estimate of drug-likeness (QED) is 0.759. The molecule has 0 aliphatic rings. The Balaban J connectivity index is 1.78. The summed E-state index contributed by atoms with van der Waals surface area (Å²) < 4.78 is 5.12. The number of carbonyl (C=O) groups excluding carboxylic acids is 1. The van der Waals surface area contributed by atoms with E-state index in [1.54, 1.807) is 44.2 Å². The van der Waals surface area contributed by atoms with Crippen LogP contribution in [0.1, 0.15) is 33.4 Å². The number of aliphatic hydroxyl groups excluding tert-OH is 1. The smallest absolute Gasteiger partial charge is 0.258 e. The van der Waals surface area contributed by atoms with Crippen molar-refractivity contribution >= 4 is 28.6 Å². The lowest BCUT2D eigenvalue weighted by Gasteiger charge is -2.13. The van der Waals surface area contributed by atoms with Crippen LogP contribution in [0.15, 0.2) is 34.9 Å². The number of carbonyl (C=O) groups is 1. The first-order valence-electron chi connectivity index (χ1n) is 7.41. The minimum atomic E-state index is -0.826. The van der Waals surface area contributed by atoms with Gasteiger partial charge in [-0.15, -0.1) is 0 Å². The maximum Gasteiger partial charge on any atom is 0.258 e. The summed E-state index contributed by atoms with van der Waals surface area (Å²) in [6.45, 7) is 3.60. The van der Waals surface area contributed by atoms with Crippen LogP contribution in [0.25, 0.3) is 11.1 Å². The monoisotopic (exact) mass is 345 g/mol. The highest BCUT2D eigenvalue weighted by atomic mass is 35.5. The maximum atomic E-state index is 12.5. The molecule has 0 fully saturated rings. The highest BCUT2D eigenvalue weighted by Gasteiger charge is 2.18. The third-order valence-corrected chi connectivity index (χ3v) is 3.95. The van der Waals surface area contributed by atoms with Gasteiger partial charge in [-0.1, -0.05) is 28.9 Å². The SMILES string of the molecule is Cc1cc(C(=O)NC[C@@H](O)c2ccc(Cl)cc2)c2c(C)noc2n1. The fraction of sp³-hybridized carbons (Fsp3) is 0.235. The molecule has 2 aromatic heterocycles. The molecule has 3 rings (SSSR count). The van der Waals surface area contributed by atoms with Crippen molar-refractivity contribution in [3.63, 3.8) is 0 Å². The van der Waals surface area contributed by atoms with Crippen molar-refractivity contribution in [2.24, 2.45) is 0 Å². The summed E-state index contributed by atoms with van der Waals surface area (Å²) in [5, 5.41) is 17.9. The van der Waals surface area contributed by atoms with Crippen LogP contribution in [-0.2, 0) is 0 Å². The van der Waals surface area contributed by atoms with Crippen LogP contribution in [-0.4, -0.2) is 27.7 Å². The Labute approximate surface area is 143 Å². The number of rotatable bonds is 4. The molecular formula is C17H16ClN3O3. The summed E-state index contributed by atoms with van der Waals surface area (Å²) in [7, 11) is 0. The van der Waals surface area contributed by atoms with Gasteiger partial charge in [0.1, 0.15) is 0 Å². The van der Waals surface area contributed by atoms with Crippen LogP contribution in [0.3, 0.4) is 0 Å². The number of hydrogen-bond acceptors (Lipinski definition) is 5. The first-order chi connectivity index (χ1) is 11.5. The van der Waals surface area contributed by atoms with Gasteiger partial charge in [0.05, 0.1) is 22.7 Å². The fourth-order valence-electron chi connectivity index (χ4n) is 2.48. The molecule has 0 bridgehead atoms. The normalized spacial score (nSPS) is 12.3. The van der Waals surface area contributed by atoms with E-state index in [0.29, 0.717) is 38.6 Å². The molecule has 7 heteroatoms. The van der Waals surface area contributed by atoms with Crippen LogP contribution in [0.5, 0.6) is 0 Å². The van der Waals surface area contributed by atoms with Gasteiger partial charge in [0.2, 0.25) is 0 Å². The summed E-state index contributed by atoms with van der Waals surface area (Å²) in [6.07, 6.45) is -0.826. The van der Waals surface area contributed by atoms with E-state index in [9.17, 15) is 9.90 Å². The molecule has 6 nitrogen and oxygen atoms in total. The second-order valence-corrected chi connectivity index (χ2v) is 5.97. The zero-order valence-electron chi connectivity index (χ0n) is 13.2. The van der Waals surface area contributed by atoms with Gasteiger partial charge in [0, 0.05) is 17.3 Å². The Morgan fingerprint density at radius 3 is 2.75 bits per heavy atom. The number of nitrogens with zero attached hydrogens (tertiary/aromatic N) is 2. The van der Waals surface area contributed by atoms with Gasteiger partial charge in [0.25, 0.3) is 11.6 Å². The molecule has 124 valence electrons.